The molecule has 0 radical (unpaired) electrons. The van der Waals surface area contributed by atoms with E-state index in [1.54, 1.807) is 30.3 Å². The van der Waals surface area contributed by atoms with E-state index in [2.05, 4.69) is 20.9 Å². The van der Waals surface area contributed by atoms with Crippen LogP contribution in [0.25, 0.3) is 0 Å². The van der Waals surface area contributed by atoms with Crippen LogP contribution in [0.4, 0.5) is 4.79 Å². The van der Waals surface area contributed by atoms with Crippen LogP contribution in [0.2, 0.25) is 0 Å². The molecule has 26 heavy (non-hydrogen) atoms. The molecule has 0 spiro atoms. The van der Waals surface area contributed by atoms with Crippen molar-refractivity contribution in [3.63, 3.8) is 0 Å². The topological polar surface area (TPSA) is 108 Å². The van der Waals surface area contributed by atoms with Gasteiger partial charge >= 0.3 is 6.09 Å². The lowest BCUT2D eigenvalue weighted by Gasteiger charge is -2.40. The fourth-order valence-corrected chi connectivity index (χ4v) is 2.26. The monoisotopic (exact) mass is 365 g/mol. The largest absolute Gasteiger partial charge is 0.467 e. The van der Waals surface area contributed by atoms with Gasteiger partial charge in [0.15, 0.2) is 5.96 Å². The van der Waals surface area contributed by atoms with Crippen molar-refractivity contribution in [3.8, 4) is 0 Å². The lowest BCUT2D eigenvalue weighted by atomic mass is 10.1. The van der Waals surface area contributed by atoms with Crippen LogP contribution in [0.15, 0.2) is 27.8 Å². The van der Waals surface area contributed by atoms with Crippen molar-refractivity contribution in [3.05, 3.63) is 24.2 Å². The number of nitrogens with one attached hydrogen (secondary N) is 3. The van der Waals surface area contributed by atoms with Crippen LogP contribution in [0.3, 0.4) is 0 Å². The summed E-state index contributed by atoms with van der Waals surface area (Å²) < 4.78 is 10.5. The fraction of sp³-hybridized carbons (Fsp3) is 0.588. The molecule has 3 N–H and O–H groups in total. The summed E-state index contributed by atoms with van der Waals surface area (Å²) in [7, 11) is 1.63. The lowest BCUT2D eigenvalue weighted by molar-refractivity contribution is -0.120. The zero-order chi connectivity index (χ0) is 19.2. The van der Waals surface area contributed by atoms with Crippen LogP contribution in [0.1, 0.15) is 26.5 Å². The zero-order valence-corrected chi connectivity index (χ0v) is 15.7. The van der Waals surface area contributed by atoms with Crippen molar-refractivity contribution in [2.75, 3.05) is 26.7 Å². The van der Waals surface area contributed by atoms with E-state index in [-0.39, 0.29) is 24.6 Å². The van der Waals surface area contributed by atoms with Crippen LogP contribution >= 0.6 is 0 Å². The third kappa shape index (κ3) is 6.30. The normalized spacial score (nSPS) is 15.2. The molecule has 0 bridgehead atoms. The fourth-order valence-electron chi connectivity index (χ4n) is 2.26. The molecule has 9 nitrogen and oxygen atoms in total. The van der Waals surface area contributed by atoms with Gasteiger partial charge < -0.3 is 30.0 Å². The smallest absolute Gasteiger partial charge is 0.410 e. The molecule has 9 heteroatoms. The Kier molecular flexibility index (Phi) is 6.48. The first-order valence-electron chi connectivity index (χ1n) is 8.51. The number of nitrogens with zero attached hydrogens (tertiary/aromatic N) is 2. The summed E-state index contributed by atoms with van der Waals surface area (Å²) in [5, 5.41) is 8.85. The minimum Gasteiger partial charge on any atom is -0.467 e. The number of rotatable bonds is 5. The molecule has 2 heterocycles. The minimum absolute atomic E-state index is 0.0694. The second kappa shape index (κ2) is 8.59. The van der Waals surface area contributed by atoms with Crippen molar-refractivity contribution in [1.82, 2.24) is 20.9 Å². The van der Waals surface area contributed by atoms with E-state index in [9.17, 15) is 9.59 Å². The Bertz CT molecular complexity index is 630. The second-order valence-electron chi connectivity index (χ2n) is 7.01. The number of likely N-dealkylation sites (tertiary alicyclic amines) is 1. The third-order valence-corrected chi connectivity index (χ3v) is 3.55. The standard InChI is InChI=1S/C17H27N5O4/c1-17(2,3)26-16(24)22-10-12(11-22)21-15(18-4)20-9-14(23)19-8-13-6-5-7-25-13/h5-7,12H,8-11H2,1-4H3,(H,19,23)(H2,18,20,21). The summed E-state index contributed by atoms with van der Waals surface area (Å²) in [6.45, 7) is 6.99. The highest BCUT2D eigenvalue weighted by molar-refractivity contribution is 5.86. The number of hydrogen-bond acceptors (Lipinski definition) is 5. The molecule has 0 unspecified atom stereocenters. The Balaban J connectivity index is 1.64. The van der Waals surface area contributed by atoms with E-state index in [1.807, 2.05) is 20.8 Å². The second-order valence-corrected chi connectivity index (χ2v) is 7.01. The van der Waals surface area contributed by atoms with Gasteiger partial charge in [0.05, 0.1) is 25.4 Å². The quantitative estimate of drug-likeness (QED) is 0.523. The Morgan fingerprint density at radius 3 is 2.65 bits per heavy atom. The van der Waals surface area contributed by atoms with Crippen molar-refractivity contribution in [1.29, 1.82) is 0 Å². The van der Waals surface area contributed by atoms with Crippen LogP contribution < -0.4 is 16.0 Å². The average molecular weight is 365 g/mol. The van der Waals surface area contributed by atoms with E-state index in [0.717, 1.165) is 0 Å². The Morgan fingerprint density at radius 2 is 2.08 bits per heavy atom. The van der Waals surface area contributed by atoms with E-state index in [1.165, 1.54) is 0 Å². The number of ether oxygens (including phenoxy) is 1. The molecule has 1 aromatic rings. The molecule has 144 valence electrons. The lowest BCUT2D eigenvalue weighted by Crippen LogP contribution is -2.63. The minimum atomic E-state index is -0.504. The highest BCUT2D eigenvalue weighted by Crippen LogP contribution is 2.15. The SMILES string of the molecule is CN=C(NCC(=O)NCc1ccco1)NC1CN(C(=O)OC(C)(C)C)C1. The Morgan fingerprint density at radius 1 is 1.35 bits per heavy atom. The van der Waals surface area contributed by atoms with Gasteiger partial charge in [-0.3, -0.25) is 9.79 Å². The molecule has 0 saturated carbocycles. The van der Waals surface area contributed by atoms with E-state index in [0.29, 0.717) is 31.4 Å². The molecule has 1 aliphatic rings. The van der Waals surface area contributed by atoms with Crippen LogP contribution in [-0.4, -0.2) is 61.2 Å². The number of aliphatic imine (C=N–C) groups is 1. The maximum atomic E-state index is 11.9. The summed E-state index contributed by atoms with van der Waals surface area (Å²) >= 11 is 0. The summed E-state index contributed by atoms with van der Waals surface area (Å²) in [6, 6.07) is 3.63. The van der Waals surface area contributed by atoms with Crippen molar-refractivity contribution in [2.24, 2.45) is 4.99 Å². The molecule has 2 rings (SSSR count). The summed E-state index contributed by atoms with van der Waals surface area (Å²) in [6.07, 6.45) is 1.24. The van der Waals surface area contributed by atoms with Gasteiger partial charge in [0.25, 0.3) is 0 Å². The van der Waals surface area contributed by atoms with Gasteiger partial charge in [-0.25, -0.2) is 4.79 Å². The Hall–Kier alpha value is -2.71. The Labute approximate surface area is 153 Å². The predicted octanol–water partition coefficient (Wildman–Crippen LogP) is 0.680. The predicted molar refractivity (Wildman–Crippen MR) is 96.6 cm³/mol. The number of amides is 2. The number of guanidine groups is 1. The van der Waals surface area contributed by atoms with E-state index < -0.39 is 5.60 Å². The van der Waals surface area contributed by atoms with E-state index >= 15 is 0 Å². The highest BCUT2D eigenvalue weighted by atomic mass is 16.6. The van der Waals surface area contributed by atoms with Crippen LogP contribution in [0.5, 0.6) is 0 Å². The first kappa shape index (κ1) is 19.6. The molecule has 1 aromatic heterocycles. The highest BCUT2D eigenvalue weighted by Gasteiger charge is 2.34. The van der Waals surface area contributed by atoms with Gasteiger partial charge in [-0.15, -0.1) is 0 Å². The zero-order valence-electron chi connectivity index (χ0n) is 15.7. The van der Waals surface area contributed by atoms with Crippen molar-refractivity contribution >= 4 is 18.0 Å². The van der Waals surface area contributed by atoms with Gasteiger partial charge in [0.2, 0.25) is 5.91 Å². The third-order valence-electron chi connectivity index (χ3n) is 3.55. The summed E-state index contributed by atoms with van der Waals surface area (Å²) in [4.78, 5) is 29.4. The molecule has 1 aliphatic heterocycles. The molecular formula is C17H27N5O4. The van der Waals surface area contributed by atoms with Gasteiger partial charge in [-0.2, -0.15) is 0 Å². The van der Waals surface area contributed by atoms with Crippen molar-refractivity contribution in [2.45, 2.75) is 39.0 Å². The number of furan rings is 1. The van der Waals surface area contributed by atoms with E-state index in [4.69, 9.17) is 9.15 Å². The average Bonchev–Trinajstić information content (AvgIpc) is 3.02. The van der Waals surface area contributed by atoms with Gasteiger partial charge in [-0.05, 0) is 32.9 Å². The molecule has 2 amide bonds. The molecule has 0 aliphatic carbocycles. The van der Waals surface area contributed by atoms with Gasteiger partial charge in [-0.1, -0.05) is 0 Å². The number of carbonyl (C=O) groups is 2. The first-order chi connectivity index (χ1) is 12.3. The number of carbonyl (C=O) groups excluding carboxylic acids is 2. The maximum Gasteiger partial charge on any atom is 0.410 e. The summed E-state index contributed by atoms with van der Waals surface area (Å²) in [5.41, 5.74) is -0.504. The molecular weight excluding hydrogens is 338 g/mol. The maximum absolute atomic E-state index is 11.9. The summed E-state index contributed by atoms with van der Waals surface area (Å²) in [5.74, 6) is 1.03. The van der Waals surface area contributed by atoms with Gasteiger partial charge in [0.1, 0.15) is 11.4 Å². The van der Waals surface area contributed by atoms with Crippen LogP contribution in [-0.2, 0) is 16.1 Å². The molecule has 1 saturated heterocycles. The number of hydrogen-bond donors (Lipinski definition) is 3. The van der Waals surface area contributed by atoms with Crippen molar-refractivity contribution < 1.29 is 18.7 Å². The van der Waals surface area contributed by atoms with Gasteiger partial charge in [0, 0.05) is 20.1 Å². The molecule has 0 aromatic carbocycles. The first-order valence-corrected chi connectivity index (χ1v) is 8.51. The molecule has 1 fully saturated rings. The van der Waals surface area contributed by atoms with Crippen LogP contribution in [0, 0.1) is 0 Å². The molecule has 0 atom stereocenters.